The second kappa shape index (κ2) is 3.89. The predicted octanol–water partition coefficient (Wildman–Crippen LogP) is 3.05. The molecule has 0 fully saturated rings. The number of benzene rings is 1. The third-order valence-electron chi connectivity index (χ3n) is 2.53. The number of rotatable bonds is 2. The number of hydrogen-bond acceptors (Lipinski definition) is 1. The monoisotopic (exact) mass is 200 g/mol. The van der Waals surface area contributed by atoms with Gasteiger partial charge in [0, 0.05) is 18.3 Å². The Labute approximate surface area is 90.6 Å². The molecule has 0 spiro atoms. The summed E-state index contributed by atoms with van der Waals surface area (Å²) in [5.41, 5.74) is 3.55. The standard InChI is InChI=1S/C13H16N2/c1-4-13-14-11(3)9-15(13)12-7-5-10(2)6-8-12/h5-9H,4H2,1-3H3. The molecule has 0 aliphatic heterocycles. The maximum Gasteiger partial charge on any atom is 0.113 e. The fourth-order valence-corrected chi connectivity index (χ4v) is 1.73. The zero-order chi connectivity index (χ0) is 10.8. The van der Waals surface area contributed by atoms with Gasteiger partial charge in [-0.15, -0.1) is 0 Å². The van der Waals surface area contributed by atoms with Crippen molar-refractivity contribution in [2.24, 2.45) is 0 Å². The highest BCUT2D eigenvalue weighted by Crippen LogP contribution is 2.13. The second-order valence-electron chi connectivity index (χ2n) is 3.86. The second-order valence-corrected chi connectivity index (χ2v) is 3.86. The van der Waals surface area contributed by atoms with Crippen LogP contribution in [0.3, 0.4) is 0 Å². The number of aryl methyl sites for hydroxylation is 3. The molecule has 0 unspecified atom stereocenters. The first kappa shape index (κ1) is 9.97. The summed E-state index contributed by atoms with van der Waals surface area (Å²) in [5, 5.41) is 0. The largest absolute Gasteiger partial charge is 0.303 e. The average Bonchev–Trinajstić information content (AvgIpc) is 2.61. The van der Waals surface area contributed by atoms with E-state index in [0.717, 1.165) is 17.9 Å². The van der Waals surface area contributed by atoms with Crippen molar-refractivity contribution in [3.8, 4) is 5.69 Å². The molecular weight excluding hydrogens is 184 g/mol. The van der Waals surface area contributed by atoms with Gasteiger partial charge in [0.05, 0.1) is 5.69 Å². The van der Waals surface area contributed by atoms with Crippen molar-refractivity contribution in [3.05, 3.63) is 47.5 Å². The maximum atomic E-state index is 4.49. The van der Waals surface area contributed by atoms with Crippen molar-refractivity contribution in [2.45, 2.75) is 27.2 Å². The summed E-state index contributed by atoms with van der Waals surface area (Å²) in [5.74, 6) is 1.12. The van der Waals surface area contributed by atoms with Crippen molar-refractivity contribution < 1.29 is 0 Å². The van der Waals surface area contributed by atoms with Crippen LogP contribution in [0.25, 0.3) is 5.69 Å². The summed E-state index contributed by atoms with van der Waals surface area (Å²) < 4.78 is 2.16. The molecular formula is C13H16N2. The lowest BCUT2D eigenvalue weighted by molar-refractivity contribution is 0.890. The van der Waals surface area contributed by atoms with Gasteiger partial charge in [0.2, 0.25) is 0 Å². The van der Waals surface area contributed by atoms with E-state index < -0.39 is 0 Å². The average molecular weight is 200 g/mol. The summed E-state index contributed by atoms with van der Waals surface area (Å²) in [6.45, 7) is 6.26. The summed E-state index contributed by atoms with van der Waals surface area (Å²) in [6.07, 6.45) is 3.05. The molecule has 0 saturated carbocycles. The molecule has 0 atom stereocenters. The summed E-state index contributed by atoms with van der Waals surface area (Å²) in [7, 11) is 0. The van der Waals surface area contributed by atoms with E-state index in [-0.39, 0.29) is 0 Å². The lowest BCUT2D eigenvalue weighted by atomic mass is 10.2. The van der Waals surface area contributed by atoms with Crippen LogP contribution in [0.15, 0.2) is 30.5 Å². The molecule has 1 aromatic carbocycles. The molecule has 78 valence electrons. The highest BCUT2D eigenvalue weighted by molar-refractivity contribution is 5.36. The van der Waals surface area contributed by atoms with Gasteiger partial charge in [-0.3, -0.25) is 0 Å². The van der Waals surface area contributed by atoms with Gasteiger partial charge in [-0.25, -0.2) is 4.98 Å². The number of aromatic nitrogens is 2. The van der Waals surface area contributed by atoms with E-state index >= 15 is 0 Å². The van der Waals surface area contributed by atoms with E-state index in [0.29, 0.717) is 0 Å². The molecule has 0 radical (unpaired) electrons. The van der Waals surface area contributed by atoms with Gasteiger partial charge in [-0.1, -0.05) is 24.6 Å². The number of hydrogen-bond donors (Lipinski definition) is 0. The predicted molar refractivity (Wildman–Crippen MR) is 62.4 cm³/mol. The first-order valence-corrected chi connectivity index (χ1v) is 5.32. The molecule has 15 heavy (non-hydrogen) atoms. The lowest BCUT2D eigenvalue weighted by Gasteiger charge is -2.06. The minimum Gasteiger partial charge on any atom is -0.303 e. The van der Waals surface area contributed by atoms with E-state index in [2.05, 4.69) is 53.9 Å². The number of nitrogens with zero attached hydrogens (tertiary/aromatic N) is 2. The SMILES string of the molecule is CCc1nc(C)cn1-c1ccc(C)cc1. The summed E-state index contributed by atoms with van der Waals surface area (Å²) in [6, 6.07) is 8.53. The smallest absolute Gasteiger partial charge is 0.113 e. The molecule has 0 bridgehead atoms. The van der Waals surface area contributed by atoms with Crippen LogP contribution in [0.1, 0.15) is 24.0 Å². The quantitative estimate of drug-likeness (QED) is 0.728. The van der Waals surface area contributed by atoms with E-state index in [1.54, 1.807) is 0 Å². The van der Waals surface area contributed by atoms with Crippen molar-refractivity contribution in [1.82, 2.24) is 9.55 Å². The molecule has 2 rings (SSSR count). The van der Waals surface area contributed by atoms with Gasteiger partial charge >= 0.3 is 0 Å². The molecule has 0 aliphatic rings. The van der Waals surface area contributed by atoms with Gasteiger partial charge < -0.3 is 4.57 Å². The van der Waals surface area contributed by atoms with E-state index in [1.807, 2.05) is 6.92 Å². The van der Waals surface area contributed by atoms with Crippen LogP contribution >= 0.6 is 0 Å². The molecule has 0 N–H and O–H groups in total. The first-order chi connectivity index (χ1) is 7.20. The Bertz CT molecular complexity index is 452. The fraction of sp³-hybridized carbons (Fsp3) is 0.308. The van der Waals surface area contributed by atoms with Crippen LogP contribution in [0, 0.1) is 13.8 Å². The Kier molecular flexibility index (Phi) is 2.58. The van der Waals surface area contributed by atoms with E-state index in [9.17, 15) is 0 Å². The van der Waals surface area contributed by atoms with Crippen LogP contribution in [0.2, 0.25) is 0 Å². The summed E-state index contributed by atoms with van der Waals surface area (Å²) in [4.78, 5) is 4.49. The Morgan fingerprint density at radius 1 is 1.13 bits per heavy atom. The van der Waals surface area contributed by atoms with Gasteiger partial charge in [0.1, 0.15) is 5.82 Å². The van der Waals surface area contributed by atoms with Crippen LogP contribution in [-0.4, -0.2) is 9.55 Å². The zero-order valence-electron chi connectivity index (χ0n) is 9.49. The Balaban J connectivity index is 2.48. The van der Waals surface area contributed by atoms with Gasteiger partial charge in [-0.05, 0) is 26.0 Å². The third kappa shape index (κ3) is 1.94. The van der Waals surface area contributed by atoms with Crippen molar-refractivity contribution >= 4 is 0 Å². The van der Waals surface area contributed by atoms with Crippen LogP contribution in [0.5, 0.6) is 0 Å². The van der Waals surface area contributed by atoms with Gasteiger partial charge in [0.15, 0.2) is 0 Å². The zero-order valence-corrected chi connectivity index (χ0v) is 9.49. The highest BCUT2D eigenvalue weighted by atomic mass is 15.1. The fourth-order valence-electron chi connectivity index (χ4n) is 1.73. The number of imidazole rings is 1. The Morgan fingerprint density at radius 2 is 1.80 bits per heavy atom. The summed E-state index contributed by atoms with van der Waals surface area (Å²) >= 11 is 0. The van der Waals surface area contributed by atoms with E-state index in [4.69, 9.17) is 0 Å². The van der Waals surface area contributed by atoms with Gasteiger partial charge in [0.25, 0.3) is 0 Å². The minimum atomic E-state index is 0.960. The first-order valence-electron chi connectivity index (χ1n) is 5.32. The van der Waals surface area contributed by atoms with Crippen molar-refractivity contribution in [2.75, 3.05) is 0 Å². The molecule has 2 aromatic rings. The third-order valence-corrected chi connectivity index (χ3v) is 2.53. The Morgan fingerprint density at radius 3 is 2.40 bits per heavy atom. The normalized spacial score (nSPS) is 10.6. The van der Waals surface area contributed by atoms with Crippen molar-refractivity contribution in [3.63, 3.8) is 0 Å². The molecule has 1 aromatic heterocycles. The maximum absolute atomic E-state index is 4.49. The van der Waals surface area contributed by atoms with Crippen LogP contribution in [0.4, 0.5) is 0 Å². The topological polar surface area (TPSA) is 17.8 Å². The van der Waals surface area contributed by atoms with Crippen molar-refractivity contribution in [1.29, 1.82) is 0 Å². The highest BCUT2D eigenvalue weighted by Gasteiger charge is 2.04. The van der Waals surface area contributed by atoms with E-state index in [1.165, 1.54) is 11.3 Å². The minimum absolute atomic E-state index is 0.960. The lowest BCUT2D eigenvalue weighted by Crippen LogP contribution is -1.98. The molecule has 0 saturated heterocycles. The van der Waals surface area contributed by atoms with Crippen LogP contribution < -0.4 is 0 Å². The molecule has 0 amide bonds. The Hall–Kier alpha value is -1.57. The van der Waals surface area contributed by atoms with Crippen LogP contribution in [-0.2, 0) is 6.42 Å². The molecule has 2 nitrogen and oxygen atoms in total. The molecule has 0 aliphatic carbocycles. The molecule has 2 heteroatoms. The van der Waals surface area contributed by atoms with Gasteiger partial charge in [-0.2, -0.15) is 0 Å². The molecule has 1 heterocycles.